The zero-order valence-corrected chi connectivity index (χ0v) is 15.2. The largest absolute Gasteiger partial charge is 0.471 e. The Morgan fingerprint density at radius 1 is 0.967 bits per heavy atom. The van der Waals surface area contributed by atoms with Crippen LogP contribution in [0.4, 0.5) is 32.2 Å². The van der Waals surface area contributed by atoms with Crippen LogP contribution in [-0.2, 0) is 9.59 Å². The van der Waals surface area contributed by atoms with Gasteiger partial charge in [0.05, 0.1) is 5.54 Å². The van der Waals surface area contributed by atoms with Crippen LogP contribution >= 0.6 is 0 Å². The van der Waals surface area contributed by atoms with Crippen LogP contribution in [0.3, 0.4) is 0 Å². The van der Waals surface area contributed by atoms with Crippen molar-refractivity contribution >= 4 is 23.3 Å². The van der Waals surface area contributed by atoms with E-state index in [1.807, 2.05) is 0 Å². The predicted octanol–water partition coefficient (Wildman–Crippen LogP) is 1.43. The summed E-state index contributed by atoms with van der Waals surface area (Å²) < 4.78 is 77.3. The first-order valence-corrected chi connectivity index (χ1v) is 8.68. The molecule has 0 aliphatic carbocycles. The Labute approximate surface area is 165 Å². The second-order valence-electron chi connectivity index (χ2n) is 6.81. The molecule has 30 heavy (non-hydrogen) atoms. The molecule has 2 N–H and O–H groups in total. The quantitative estimate of drug-likeness (QED) is 0.705. The molecule has 14 heteroatoms. The molecule has 0 saturated carbocycles. The number of nitrogens with zero attached hydrogens (tertiary/aromatic N) is 4. The number of hydrogen-bond donors (Lipinski definition) is 2. The number of rotatable bonds is 4. The lowest BCUT2D eigenvalue weighted by Crippen LogP contribution is -2.63. The van der Waals surface area contributed by atoms with Gasteiger partial charge in [-0.15, -0.1) is 0 Å². The van der Waals surface area contributed by atoms with Gasteiger partial charge in [0.2, 0.25) is 0 Å². The first-order valence-electron chi connectivity index (χ1n) is 8.68. The van der Waals surface area contributed by atoms with Crippen molar-refractivity contribution in [1.29, 1.82) is 0 Å². The number of alkyl halides is 6. The number of nitrogens with one attached hydrogen (secondary N) is 2. The Morgan fingerprint density at radius 3 is 2.10 bits per heavy atom. The van der Waals surface area contributed by atoms with Gasteiger partial charge in [-0.2, -0.15) is 26.3 Å². The molecule has 0 unspecified atom stereocenters. The van der Waals surface area contributed by atoms with Crippen LogP contribution in [-0.4, -0.2) is 63.7 Å². The number of hydrogen-bond acceptors (Lipinski definition) is 5. The van der Waals surface area contributed by atoms with Crippen LogP contribution in [0.1, 0.15) is 12.8 Å². The summed E-state index contributed by atoms with van der Waals surface area (Å²) in [4.78, 5) is 32.7. The van der Waals surface area contributed by atoms with Crippen LogP contribution < -0.4 is 15.5 Å². The van der Waals surface area contributed by atoms with E-state index in [-0.39, 0.29) is 25.9 Å². The van der Waals surface area contributed by atoms with Gasteiger partial charge in [0.25, 0.3) is 0 Å². The predicted molar refractivity (Wildman–Crippen MR) is 90.4 cm³/mol. The van der Waals surface area contributed by atoms with E-state index in [0.717, 1.165) is 0 Å². The molecular formula is C16H16F6N6O2. The van der Waals surface area contributed by atoms with E-state index in [0.29, 0.717) is 11.5 Å². The average Bonchev–Trinajstić information content (AvgIpc) is 3.14. The van der Waals surface area contributed by atoms with Crippen LogP contribution in [0.25, 0.3) is 5.65 Å². The van der Waals surface area contributed by atoms with Gasteiger partial charge in [0.15, 0.2) is 11.5 Å². The van der Waals surface area contributed by atoms with Crippen LogP contribution in [0.15, 0.2) is 24.8 Å². The number of fused-ring (bicyclic) bond motifs is 1. The fourth-order valence-corrected chi connectivity index (χ4v) is 3.22. The van der Waals surface area contributed by atoms with E-state index in [1.54, 1.807) is 32.3 Å². The summed E-state index contributed by atoms with van der Waals surface area (Å²) in [6.07, 6.45) is -4.38. The Kier molecular flexibility index (Phi) is 5.52. The van der Waals surface area contributed by atoms with Gasteiger partial charge < -0.3 is 19.9 Å². The van der Waals surface area contributed by atoms with Crippen LogP contribution in [0.2, 0.25) is 0 Å². The van der Waals surface area contributed by atoms with Crippen molar-refractivity contribution in [3.05, 3.63) is 24.8 Å². The van der Waals surface area contributed by atoms with E-state index < -0.39 is 36.3 Å². The molecule has 0 spiro atoms. The minimum absolute atomic E-state index is 0.0690. The highest BCUT2D eigenvalue weighted by molar-refractivity contribution is 5.83. The van der Waals surface area contributed by atoms with Crippen molar-refractivity contribution in [1.82, 2.24) is 25.0 Å². The number of piperidine rings is 1. The van der Waals surface area contributed by atoms with E-state index in [2.05, 4.69) is 9.97 Å². The van der Waals surface area contributed by atoms with Gasteiger partial charge >= 0.3 is 24.2 Å². The molecule has 2 aromatic heterocycles. The zero-order valence-electron chi connectivity index (χ0n) is 15.2. The number of aromatic nitrogens is 3. The Bertz CT molecular complexity index is 932. The van der Waals surface area contributed by atoms with Gasteiger partial charge in [-0.3, -0.25) is 9.59 Å². The van der Waals surface area contributed by atoms with Gasteiger partial charge in [-0.05, 0) is 12.8 Å². The molecule has 0 atom stereocenters. The summed E-state index contributed by atoms with van der Waals surface area (Å²) in [5.41, 5.74) is -1.21. The summed E-state index contributed by atoms with van der Waals surface area (Å²) in [7, 11) is 0. The Hall–Kier alpha value is -3.06. The average molecular weight is 438 g/mol. The van der Waals surface area contributed by atoms with Crippen molar-refractivity contribution in [2.24, 2.45) is 0 Å². The molecule has 0 radical (unpaired) electrons. The number of imidazole rings is 1. The minimum Gasteiger partial charge on any atom is -0.353 e. The molecule has 164 valence electrons. The van der Waals surface area contributed by atoms with Crippen molar-refractivity contribution in [3.8, 4) is 0 Å². The van der Waals surface area contributed by atoms with Gasteiger partial charge in [-0.1, -0.05) is 0 Å². The molecule has 0 aromatic carbocycles. The van der Waals surface area contributed by atoms with Crippen molar-refractivity contribution in [2.45, 2.75) is 30.7 Å². The molecule has 2 amide bonds. The molecular weight excluding hydrogens is 422 g/mol. The standard InChI is InChI=1S/C16H16F6N6O2/c17-15(18,19)12(29)25-9-14(26-13(30)16(20,21)22)1-5-27(6-2-14)10-11-24-4-8-28(11)7-3-23-10/h3-4,7-8H,1-2,5-6,9H2,(H,25,29)(H,26,30). The van der Waals surface area contributed by atoms with E-state index in [9.17, 15) is 35.9 Å². The zero-order chi connectivity index (χ0) is 22.2. The smallest absolute Gasteiger partial charge is 0.353 e. The first kappa shape index (κ1) is 21.6. The molecule has 0 bridgehead atoms. The highest BCUT2D eigenvalue weighted by Gasteiger charge is 2.47. The number of carbonyl (C=O) groups is 2. The van der Waals surface area contributed by atoms with E-state index in [1.165, 1.54) is 12.4 Å². The van der Waals surface area contributed by atoms with Crippen molar-refractivity contribution < 1.29 is 35.9 Å². The first-order chi connectivity index (χ1) is 13.9. The number of amides is 2. The number of halogens is 6. The summed E-state index contributed by atoms with van der Waals surface area (Å²) in [5, 5.41) is 3.34. The molecule has 1 fully saturated rings. The molecule has 1 aliphatic rings. The van der Waals surface area contributed by atoms with Crippen LogP contribution in [0, 0.1) is 0 Å². The fourth-order valence-electron chi connectivity index (χ4n) is 3.22. The minimum atomic E-state index is -5.22. The second kappa shape index (κ2) is 7.65. The van der Waals surface area contributed by atoms with Gasteiger partial charge in [-0.25, -0.2) is 9.97 Å². The molecule has 1 aliphatic heterocycles. The third kappa shape index (κ3) is 4.57. The third-order valence-electron chi connectivity index (χ3n) is 4.79. The molecule has 8 nitrogen and oxygen atoms in total. The topological polar surface area (TPSA) is 91.6 Å². The SMILES string of the molecule is O=C(NCC1(NC(=O)C(F)(F)F)CCN(c2nccn3ccnc23)CC1)C(F)(F)F. The fraction of sp³-hybridized carbons (Fsp3) is 0.500. The van der Waals surface area contributed by atoms with Crippen LogP contribution in [0.5, 0.6) is 0 Å². The maximum atomic E-state index is 12.7. The lowest BCUT2D eigenvalue weighted by molar-refractivity contribution is -0.177. The normalized spacial score (nSPS) is 17.1. The Morgan fingerprint density at radius 2 is 1.53 bits per heavy atom. The molecule has 3 heterocycles. The van der Waals surface area contributed by atoms with Crippen molar-refractivity contribution in [2.75, 3.05) is 24.5 Å². The maximum Gasteiger partial charge on any atom is 0.471 e. The highest BCUT2D eigenvalue weighted by Crippen LogP contribution is 2.29. The number of anilines is 1. The molecule has 2 aromatic rings. The highest BCUT2D eigenvalue weighted by atomic mass is 19.4. The number of carbonyl (C=O) groups excluding carboxylic acids is 2. The van der Waals surface area contributed by atoms with Gasteiger partial charge in [0, 0.05) is 44.4 Å². The van der Waals surface area contributed by atoms with Crippen molar-refractivity contribution in [3.63, 3.8) is 0 Å². The maximum absolute atomic E-state index is 12.7. The Balaban J connectivity index is 1.78. The lowest BCUT2D eigenvalue weighted by atomic mass is 9.87. The summed E-state index contributed by atoms with van der Waals surface area (Å²) >= 11 is 0. The third-order valence-corrected chi connectivity index (χ3v) is 4.79. The van der Waals surface area contributed by atoms with E-state index >= 15 is 0 Å². The van der Waals surface area contributed by atoms with E-state index in [4.69, 9.17) is 0 Å². The monoisotopic (exact) mass is 438 g/mol. The second-order valence-corrected chi connectivity index (χ2v) is 6.81. The lowest BCUT2D eigenvalue weighted by Gasteiger charge is -2.42. The molecule has 3 rings (SSSR count). The summed E-state index contributed by atoms with van der Waals surface area (Å²) in [6, 6.07) is 0. The van der Waals surface area contributed by atoms with Gasteiger partial charge in [0.1, 0.15) is 0 Å². The molecule has 1 saturated heterocycles. The summed E-state index contributed by atoms with van der Waals surface area (Å²) in [5.74, 6) is -4.14. The summed E-state index contributed by atoms with van der Waals surface area (Å²) in [6.45, 7) is -0.666.